The first-order valence-electron chi connectivity index (χ1n) is 18.8. The molecule has 2 aromatic heterocycles. The molecule has 4 heteroatoms. The summed E-state index contributed by atoms with van der Waals surface area (Å²) in [4.78, 5) is 15.0. The first-order chi connectivity index (χ1) is 27.3. The third kappa shape index (κ3) is 6.04. The number of nitrogens with zero attached hydrogens (tertiary/aromatic N) is 4. The lowest BCUT2D eigenvalue weighted by molar-refractivity contribution is 1.05. The summed E-state index contributed by atoms with van der Waals surface area (Å²) in [7, 11) is 0. The second kappa shape index (κ2) is 14.0. The summed E-state index contributed by atoms with van der Waals surface area (Å²) in [6, 6.07) is 62.1. The highest BCUT2D eigenvalue weighted by atomic mass is 15.0. The Hall–Kier alpha value is -7.17. The molecule has 0 atom stereocenters. The van der Waals surface area contributed by atoms with Gasteiger partial charge in [0.2, 0.25) is 0 Å². The molecule has 0 saturated carbocycles. The second-order valence-electron chi connectivity index (χ2n) is 13.9. The smallest absolute Gasteiger partial charge is 0.164 e. The Labute approximate surface area is 320 Å². The van der Waals surface area contributed by atoms with Crippen molar-refractivity contribution in [2.75, 3.05) is 0 Å². The molecule has 4 nitrogen and oxygen atoms in total. The van der Waals surface area contributed by atoms with Crippen molar-refractivity contribution >= 4 is 27.4 Å². The number of hydrogen-bond donors (Lipinski definition) is 0. The van der Waals surface area contributed by atoms with Crippen LogP contribution in [0.5, 0.6) is 0 Å². The molecule has 10 rings (SSSR count). The Morgan fingerprint density at radius 1 is 0.400 bits per heavy atom. The topological polar surface area (TPSA) is 43.6 Å². The molecule has 260 valence electrons. The summed E-state index contributed by atoms with van der Waals surface area (Å²) >= 11 is 0. The van der Waals surface area contributed by atoms with E-state index in [0.29, 0.717) is 17.5 Å². The van der Waals surface area contributed by atoms with Crippen molar-refractivity contribution in [2.45, 2.75) is 12.8 Å². The molecule has 0 unspecified atom stereocenters. The van der Waals surface area contributed by atoms with Gasteiger partial charge in [0, 0.05) is 33.2 Å². The van der Waals surface area contributed by atoms with E-state index in [4.69, 9.17) is 15.0 Å². The van der Waals surface area contributed by atoms with E-state index in [9.17, 15) is 0 Å². The summed E-state index contributed by atoms with van der Waals surface area (Å²) in [5.74, 6) is 1.93. The zero-order chi connectivity index (χ0) is 36.6. The minimum absolute atomic E-state index is 0.637. The fourth-order valence-electron chi connectivity index (χ4n) is 7.94. The van der Waals surface area contributed by atoms with Gasteiger partial charge in [-0.05, 0) is 76.6 Å². The van der Waals surface area contributed by atoms with Crippen LogP contribution in [-0.4, -0.2) is 19.5 Å². The summed E-state index contributed by atoms with van der Waals surface area (Å²) in [5.41, 5.74) is 13.6. The van der Waals surface area contributed by atoms with Crippen LogP contribution < -0.4 is 0 Å². The van der Waals surface area contributed by atoms with E-state index in [1.807, 2.05) is 60.7 Å². The Balaban J connectivity index is 1.20. The van der Waals surface area contributed by atoms with Gasteiger partial charge in [0.1, 0.15) is 0 Å². The van der Waals surface area contributed by atoms with E-state index < -0.39 is 0 Å². The Bertz CT molecular complexity index is 2850. The number of fused-ring (bicyclic) bond motifs is 3. The zero-order valence-corrected chi connectivity index (χ0v) is 30.2. The minimum atomic E-state index is 0.637. The van der Waals surface area contributed by atoms with Gasteiger partial charge in [-0.25, -0.2) is 15.0 Å². The molecule has 0 spiro atoms. The van der Waals surface area contributed by atoms with Gasteiger partial charge in [-0.1, -0.05) is 164 Å². The second-order valence-corrected chi connectivity index (χ2v) is 13.9. The van der Waals surface area contributed by atoms with Crippen LogP contribution in [0.3, 0.4) is 0 Å². The number of hydrogen-bond acceptors (Lipinski definition) is 3. The number of benzene rings is 7. The SMILES string of the molecule is C1=CCCC(c2cccc(-n3c4cccc(-c5ccccc5)c4c4c(-c5cccc(-c6nc(-c7ccccc7)nc(-c7ccccc7)n6)c5)cccc43)c2)=C1. The van der Waals surface area contributed by atoms with Gasteiger partial charge in [0.05, 0.1) is 11.0 Å². The molecule has 1 aliphatic carbocycles. The molecule has 0 bridgehead atoms. The summed E-state index contributed by atoms with van der Waals surface area (Å²) in [5, 5.41) is 2.44. The highest BCUT2D eigenvalue weighted by molar-refractivity contribution is 6.20. The lowest BCUT2D eigenvalue weighted by Crippen LogP contribution is -2.00. The predicted octanol–water partition coefficient (Wildman–Crippen LogP) is 13.0. The first-order valence-corrected chi connectivity index (χ1v) is 18.8. The highest BCUT2D eigenvalue weighted by Gasteiger charge is 2.21. The van der Waals surface area contributed by atoms with Gasteiger partial charge in [-0.2, -0.15) is 0 Å². The molecule has 55 heavy (non-hydrogen) atoms. The number of rotatable bonds is 7. The molecule has 0 N–H and O–H groups in total. The third-order valence-corrected chi connectivity index (χ3v) is 10.5. The van der Waals surface area contributed by atoms with Crippen molar-refractivity contribution in [3.63, 3.8) is 0 Å². The van der Waals surface area contributed by atoms with Crippen LogP contribution in [0.4, 0.5) is 0 Å². The minimum Gasteiger partial charge on any atom is -0.309 e. The predicted molar refractivity (Wildman–Crippen MR) is 228 cm³/mol. The Morgan fingerprint density at radius 2 is 0.891 bits per heavy atom. The molecule has 0 fully saturated rings. The monoisotopic (exact) mass is 704 g/mol. The van der Waals surface area contributed by atoms with Gasteiger partial charge in [0.25, 0.3) is 0 Å². The van der Waals surface area contributed by atoms with Gasteiger partial charge >= 0.3 is 0 Å². The Morgan fingerprint density at radius 3 is 1.49 bits per heavy atom. The third-order valence-electron chi connectivity index (χ3n) is 10.5. The Kier molecular flexibility index (Phi) is 8.27. The average molecular weight is 705 g/mol. The standard InChI is InChI=1S/C51H36N4/c1-5-17-35(18-6-1)39-25-14-28-42(34-39)55-45-31-15-29-43(36-19-7-2-8-20-36)47(45)48-44(30-16-32-46(48)55)40-26-13-27-41(33-40)51-53-49(37-21-9-3-10-22-37)52-50(54-51)38-23-11-4-12-24-38/h1-5,7-17,19-34H,6,18H2. The van der Waals surface area contributed by atoms with Gasteiger partial charge < -0.3 is 4.57 Å². The van der Waals surface area contributed by atoms with Crippen LogP contribution in [0.1, 0.15) is 18.4 Å². The van der Waals surface area contributed by atoms with Crippen LogP contribution in [0, 0.1) is 0 Å². The van der Waals surface area contributed by atoms with Crippen LogP contribution in [0.25, 0.3) is 89.5 Å². The fraction of sp³-hybridized carbons (Fsp3) is 0.0392. The van der Waals surface area contributed by atoms with Crippen molar-refractivity contribution in [1.82, 2.24) is 19.5 Å². The van der Waals surface area contributed by atoms with E-state index in [0.717, 1.165) is 51.9 Å². The van der Waals surface area contributed by atoms with Crippen molar-refractivity contribution < 1.29 is 0 Å². The van der Waals surface area contributed by atoms with Crippen LogP contribution in [0.15, 0.2) is 194 Å². The van der Waals surface area contributed by atoms with Gasteiger partial charge in [0.15, 0.2) is 17.5 Å². The van der Waals surface area contributed by atoms with Gasteiger partial charge in [-0.3, -0.25) is 0 Å². The maximum absolute atomic E-state index is 5.06. The van der Waals surface area contributed by atoms with Crippen molar-refractivity contribution in [3.8, 4) is 62.1 Å². The average Bonchev–Trinajstić information content (AvgIpc) is 3.62. The molecular formula is C51H36N4. The van der Waals surface area contributed by atoms with Gasteiger partial charge in [-0.15, -0.1) is 0 Å². The van der Waals surface area contributed by atoms with Crippen LogP contribution >= 0.6 is 0 Å². The van der Waals surface area contributed by atoms with Crippen molar-refractivity contribution in [3.05, 3.63) is 200 Å². The van der Waals surface area contributed by atoms with E-state index in [-0.39, 0.29) is 0 Å². The van der Waals surface area contributed by atoms with Crippen LogP contribution in [0.2, 0.25) is 0 Å². The van der Waals surface area contributed by atoms with E-state index in [1.165, 1.54) is 38.6 Å². The van der Waals surface area contributed by atoms with Crippen molar-refractivity contribution in [1.29, 1.82) is 0 Å². The molecule has 0 amide bonds. The zero-order valence-electron chi connectivity index (χ0n) is 30.2. The molecule has 0 saturated heterocycles. The summed E-state index contributed by atoms with van der Waals surface area (Å²) in [6.07, 6.45) is 8.80. The number of allylic oxidation sites excluding steroid dienone is 4. The largest absolute Gasteiger partial charge is 0.309 e. The molecule has 0 radical (unpaired) electrons. The quantitative estimate of drug-likeness (QED) is 0.166. The molecule has 7 aromatic carbocycles. The molecule has 1 aliphatic rings. The van der Waals surface area contributed by atoms with E-state index in [2.05, 4.69) is 138 Å². The van der Waals surface area contributed by atoms with E-state index >= 15 is 0 Å². The molecule has 2 heterocycles. The normalized spacial score (nSPS) is 12.6. The molecule has 9 aromatic rings. The lowest BCUT2D eigenvalue weighted by atomic mass is 9.94. The summed E-state index contributed by atoms with van der Waals surface area (Å²) < 4.78 is 2.44. The molecular weight excluding hydrogens is 669 g/mol. The maximum atomic E-state index is 5.06. The first kappa shape index (κ1) is 32.5. The molecule has 0 aliphatic heterocycles. The maximum Gasteiger partial charge on any atom is 0.164 e. The lowest BCUT2D eigenvalue weighted by Gasteiger charge is -2.13. The van der Waals surface area contributed by atoms with E-state index in [1.54, 1.807) is 0 Å². The van der Waals surface area contributed by atoms with Crippen molar-refractivity contribution in [2.24, 2.45) is 0 Å². The summed E-state index contributed by atoms with van der Waals surface area (Å²) in [6.45, 7) is 0. The fourth-order valence-corrected chi connectivity index (χ4v) is 7.94. The number of aromatic nitrogens is 4. The highest BCUT2D eigenvalue weighted by Crippen LogP contribution is 2.43. The van der Waals surface area contributed by atoms with Crippen LogP contribution in [-0.2, 0) is 0 Å².